The average Bonchev–Trinajstić information content (AvgIpc) is 2.87. The molecule has 3 aromatic rings. The van der Waals surface area contributed by atoms with Gasteiger partial charge in [-0.3, -0.25) is 9.51 Å². The van der Waals surface area contributed by atoms with Gasteiger partial charge in [-0.15, -0.1) is 0 Å². The number of hydrogen-bond donors (Lipinski definition) is 1. The third kappa shape index (κ3) is 2.49. The molecule has 0 saturated carbocycles. The Hall–Kier alpha value is -2.96. The fraction of sp³-hybridized carbons (Fsp3) is 0. The second-order valence-corrected chi connectivity index (χ2v) is 3.58. The Kier molecular flexibility index (Phi) is 2.77. The standard InChI is InChI=1S/C12H8N4O3/c17-12-15-11(16-19-12)10-13-7-6-9(14-10)18-8-4-2-1-3-5-8/h1-7H,(H,15,16,17). The molecule has 0 aliphatic rings. The van der Waals surface area contributed by atoms with Crippen LogP contribution in [0, 0.1) is 0 Å². The van der Waals surface area contributed by atoms with E-state index in [4.69, 9.17) is 4.74 Å². The van der Waals surface area contributed by atoms with Gasteiger partial charge in [-0.2, -0.15) is 4.98 Å². The van der Waals surface area contributed by atoms with Crippen LogP contribution < -0.4 is 10.5 Å². The quantitative estimate of drug-likeness (QED) is 0.765. The molecular weight excluding hydrogens is 248 g/mol. The van der Waals surface area contributed by atoms with Crippen molar-refractivity contribution >= 4 is 0 Å². The first-order valence-corrected chi connectivity index (χ1v) is 5.43. The van der Waals surface area contributed by atoms with Crippen molar-refractivity contribution < 1.29 is 9.26 Å². The summed E-state index contributed by atoms with van der Waals surface area (Å²) in [7, 11) is 0. The number of benzene rings is 1. The molecule has 1 aromatic carbocycles. The summed E-state index contributed by atoms with van der Waals surface area (Å²) in [5.41, 5.74) is 0. The van der Waals surface area contributed by atoms with Gasteiger partial charge in [0, 0.05) is 12.3 Å². The largest absolute Gasteiger partial charge is 0.439 e. The van der Waals surface area contributed by atoms with Gasteiger partial charge in [0.1, 0.15) is 5.75 Å². The van der Waals surface area contributed by atoms with Crippen LogP contribution in [0.25, 0.3) is 11.6 Å². The normalized spacial score (nSPS) is 10.3. The van der Waals surface area contributed by atoms with Crippen molar-refractivity contribution in [3.8, 4) is 23.3 Å². The number of hydrogen-bond acceptors (Lipinski definition) is 6. The van der Waals surface area contributed by atoms with Crippen LogP contribution in [-0.4, -0.2) is 20.1 Å². The van der Waals surface area contributed by atoms with Crippen molar-refractivity contribution in [2.24, 2.45) is 0 Å². The van der Waals surface area contributed by atoms with Gasteiger partial charge in [-0.1, -0.05) is 23.4 Å². The van der Waals surface area contributed by atoms with Gasteiger partial charge < -0.3 is 4.74 Å². The molecule has 0 unspecified atom stereocenters. The molecular formula is C12H8N4O3. The molecule has 0 spiro atoms. The van der Waals surface area contributed by atoms with Gasteiger partial charge in [0.15, 0.2) is 0 Å². The van der Waals surface area contributed by atoms with Crippen LogP contribution in [0.2, 0.25) is 0 Å². The lowest BCUT2D eigenvalue weighted by Gasteiger charge is -2.04. The lowest BCUT2D eigenvalue weighted by molar-refractivity contribution is 0.387. The first kappa shape index (κ1) is 11.1. The van der Waals surface area contributed by atoms with E-state index < -0.39 is 5.76 Å². The number of nitrogens with one attached hydrogen (secondary N) is 1. The van der Waals surface area contributed by atoms with Crippen LogP contribution in [0.3, 0.4) is 0 Å². The summed E-state index contributed by atoms with van der Waals surface area (Å²) in [6.07, 6.45) is 1.51. The zero-order valence-corrected chi connectivity index (χ0v) is 9.61. The van der Waals surface area contributed by atoms with E-state index in [1.165, 1.54) is 6.20 Å². The molecule has 0 saturated heterocycles. The van der Waals surface area contributed by atoms with Crippen LogP contribution >= 0.6 is 0 Å². The number of aromatic amines is 1. The molecule has 1 N–H and O–H groups in total. The van der Waals surface area contributed by atoms with E-state index in [2.05, 4.69) is 24.6 Å². The minimum absolute atomic E-state index is 0.156. The Balaban J connectivity index is 1.90. The molecule has 0 fully saturated rings. The second kappa shape index (κ2) is 4.73. The van der Waals surface area contributed by atoms with E-state index in [1.807, 2.05) is 18.2 Å². The molecule has 19 heavy (non-hydrogen) atoms. The topological polar surface area (TPSA) is 93.9 Å². The van der Waals surface area contributed by atoms with Gasteiger partial charge in [0.05, 0.1) is 0 Å². The Morgan fingerprint density at radius 1 is 1.16 bits per heavy atom. The van der Waals surface area contributed by atoms with Crippen LogP contribution in [0.5, 0.6) is 11.6 Å². The van der Waals surface area contributed by atoms with Gasteiger partial charge in [-0.05, 0) is 12.1 Å². The van der Waals surface area contributed by atoms with Crippen molar-refractivity contribution in [3.05, 3.63) is 53.1 Å². The molecule has 0 aliphatic heterocycles. The summed E-state index contributed by atoms with van der Waals surface area (Å²) in [4.78, 5) is 21.3. The molecule has 0 radical (unpaired) electrons. The maximum absolute atomic E-state index is 10.9. The second-order valence-electron chi connectivity index (χ2n) is 3.58. The van der Waals surface area contributed by atoms with Crippen molar-refractivity contribution in [2.45, 2.75) is 0 Å². The van der Waals surface area contributed by atoms with E-state index in [9.17, 15) is 4.79 Å². The zero-order valence-electron chi connectivity index (χ0n) is 9.61. The van der Waals surface area contributed by atoms with Gasteiger partial charge in [-0.25, -0.2) is 9.78 Å². The number of ether oxygens (including phenoxy) is 1. The fourth-order valence-electron chi connectivity index (χ4n) is 1.45. The molecule has 0 aliphatic carbocycles. The molecule has 3 rings (SSSR count). The predicted molar refractivity (Wildman–Crippen MR) is 64.7 cm³/mol. The highest BCUT2D eigenvalue weighted by atomic mass is 16.5. The fourth-order valence-corrected chi connectivity index (χ4v) is 1.45. The summed E-state index contributed by atoms with van der Waals surface area (Å²) >= 11 is 0. The highest BCUT2D eigenvalue weighted by Gasteiger charge is 2.09. The van der Waals surface area contributed by atoms with Crippen LogP contribution in [0.4, 0.5) is 0 Å². The SMILES string of the molecule is O=c1[nH]c(-c2nccc(Oc3ccccc3)n2)no1. The summed E-state index contributed by atoms with van der Waals surface area (Å²) in [5.74, 6) is 0.719. The summed E-state index contributed by atoms with van der Waals surface area (Å²) in [6, 6.07) is 10.8. The smallest absolute Gasteiger partial charge is 0.439 e. The van der Waals surface area contributed by atoms with Crippen molar-refractivity contribution in [1.82, 2.24) is 20.1 Å². The Morgan fingerprint density at radius 3 is 2.74 bits per heavy atom. The third-order valence-corrected chi connectivity index (χ3v) is 2.25. The number of para-hydroxylation sites is 1. The van der Waals surface area contributed by atoms with Gasteiger partial charge in [0.2, 0.25) is 17.5 Å². The Morgan fingerprint density at radius 2 is 2.00 bits per heavy atom. The van der Waals surface area contributed by atoms with E-state index in [-0.39, 0.29) is 11.6 Å². The first-order valence-electron chi connectivity index (χ1n) is 5.43. The van der Waals surface area contributed by atoms with Crippen LogP contribution in [-0.2, 0) is 0 Å². The van der Waals surface area contributed by atoms with Gasteiger partial charge >= 0.3 is 5.76 Å². The minimum atomic E-state index is -0.659. The van der Waals surface area contributed by atoms with Crippen LogP contribution in [0.15, 0.2) is 51.9 Å². The van der Waals surface area contributed by atoms with Gasteiger partial charge in [0.25, 0.3) is 0 Å². The lowest BCUT2D eigenvalue weighted by atomic mass is 10.3. The monoisotopic (exact) mass is 256 g/mol. The molecule has 94 valence electrons. The number of rotatable bonds is 3. The molecule has 2 heterocycles. The first-order chi connectivity index (χ1) is 9.31. The van der Waals surface area contributed by atoms with E-state index in [1.54, 1.807) is 18.2 Å². The van der Waals surface area contributed by atoms with Crippen molar-refractivity contribution in [1.29, 1.82) is 0 Å². The highest BCUT2D eigenvalue weighted by molar-refractivity contribution is 5.42. The van der Waals surface area contributed by atoms with E-state index in [0.29, 0.717) is 11.6 Å². The highest BCUT2D eigenvalue weighted by Crippen LogP contribution is 2.19. The molecule has 7 nitrogen and oxygen atoms in total. The maximum Gasteiger partial charge on any atom is 0.439 e. The zero-order chi connectivity index (χ0) is 13.1. The Labute approximate surface area is 106 Å². The third-order valence-electron chi connectivity index (χ3n) is 2.25. The molecule has 0 amide bonds. The molecule has 0 bridgehead atoms. The summed E-state index contributed by atoms with van der Waals surface area (Å²) < 4.78 is 9.94. The van der Waals surface area contributed by atoms with Crippen LogP contribution in [0.1, 0.15) is 0 Å². The molecule has 2 aromatic heterocycles. The van der Waals surface area contributed by atoms with Crippen molar-refractivity contribution in [3.63, 3.8) is 0 Å². The lowest BCUT2D eigenvalue weighted by Crippen LogP contribution is -1.98. The minimum Gasteiger partial charge on any atom is -0.439 e. The number of H-pyrrole nitrogens is 1. The summed E-state index contributed by atoms with van der Waals surface area (Å²) in [5, 5.41) is 3.51. The van der Waals surface area contributed by atoms with Crippen molar-refractivity contribution in [2.75, 3.05) is 0 Å². The molecule has 0 atom stereocenters. The molecule has 7 heteroatoms. The van der Waals surface area contributed by atoms with E-state index in [0.717, 1.165) is 0 Å². The average molecular weight is 256 g/mol. The predicted octanol–water partition coefficient (Wildman–Crippen LogP) is 1.61. The number of aromatic nitrogens is 4. The Bertz CT molecular complexity index is 736. The van der Waals surface area contributed by atoms with E-state index >= 15 is 0 Å². The number of nitrogens with zero attached hydrogens (tertiary/aromatic N) is 3. The maximum atomic E-state index is 10.9. The summed E-state index contributed by atoms with van der Waals surface area (Å²) in [6.45, 7) is 0.